The lowest BCUT2D eigenvalue weighted by atomic mass is 9.99. The number of hydrogen-bond acceptors (Lipinski definition) is 3. The average molecular weight is 276 g/mol. The highest BCUT2D eigenvalue weighted by Gasteiger charge is 2.19. The molecule has 4 nitrogen and oxygen atoms in total. The summed E-state index contributed by atoms with van der Waals surface area (Å²) in [6.07, 6.45) is 2.04. The van der Waals surface area contributed by atoms with E-state index in [1.165, 1.54) is 19.8 Å². The van der Waals surface area contributed by atoms with E-state index in [9.17, 15) is 9.90 Å². The van der Waals surface area contributed by atoms with E-state index >= 15 is 0 Å². The van der Waals surface area contributed by atoms with Gasteiger partial charge in [-0.3, -0.25) is 4.79 Å². The maximum atomic E-state index is 11.0. The van der Waals surface area contributed by atoms with Gasteiger partial charge in [-0.1, -0.05) is 19.1 Å². The SMILES string of the molecule is CC(=O)Nc1ccc(C(O)CN2CCCC(C)C2)cc1. The summed E-state index contributed by atoms with van der Waals surface area (Å²) in [6.45, 7) is 6.58. The first-order valence-corrected chi connectivity index (χ1v) is 7.32. The van der Waals surface area contributed by atoms with Crippen LogP contribution < -0.4 is 5.32 Å². The molecule has 0 spiro atoms. The van der Waals surface area contributed by atoms with Gasteiger partial charge in [0, 0.05) is 25.7 Å². The van der Waals surface area contributed by atoms with E-state index in [0.717, 1.165) is 30.3 Å². The molecular weight excluding hydrogens is 252 g/mol. The molecule has 1 saturated heterocycles. The molecule has 1 aromatic carbocycles. The van der Waals surface area contributed by atoms with Crippen molar-refractivity contribution in [2.75, 3.05) is 25.0 Å². The number of aliphatic hydroxyl groups excluding tert-OH is 1. The van der Waals surface area contributed by atoms with Gasteiger partial charge in [0.2, 0.25) is 5.91 Å². The number of nitrogens with one attached hydrogen (secondary N) is 1. The minimum absolute atomic E-state index is 0.0828. The van der Waals surface area contributed by atoms with Gasteiger partial charge in [0.05, 0.1) is 6.10 Å². The van der Waals surface area contributed by atoms with E-state index in [-0.39, 0.29) is 5.91 Å². The molecule has 110 valence electrons. The zero-order valence-electron chi connectivity index (χ0n) is 12.3. The fraction of sp³-hybridized carbons (Fsp3) is 0.562. The molecule has 2 unspecified atom stereocenters. The third-order valence-electron chi connectivity index (χ3n) is 3.79. The Morgan fingerprint density at radius 1 is 1.45 bits per heavy atom. The molecule has 0 aliphatic carbocycles. The number of β-amino-alcohol motifs (C(OH)–C–C–N with tert-alkyl or cyclic N) is 1. The lowest BCUT2D eigenvalue weighted by Crippen LogP contribution is -2.37. The predicted molar refractivity (Wildman–Crippen MR) is 80.5 cm³/mol. The summed E-state index contributed by atoms with van der Waals surface area (Å²) in [7, 11) is 0. The zero-order valence-corrected chi connectivity index (χ0v) is 12.3. The molecule has 20 heavy (non-hydrogen) atoms. The van der Waals surface area contributed by atoms with Crippen LogP contribution in [0.2, 0.25) is 0 Å². The van der Waals surface area contributed by atoms with Crippen molar-refractivity contribution in [3.63, 3.8) is 0 Å². The first-order chi connectivity index (χ1) is 9.54. The van der Waals surface area contributed by atoms with Crippen LogP contribution in [0.15, 0.2) is 24.3 Å². The Bertz CT molecular complexity index is 444. The molecule has 4 heteroatoms. The number of nitrogens with zero attached hydrogens (tertiary/aromatic N) is 1. The van der Waals surface area contributed by atoms with E-state index in [4.69, 9.17) is 0 Å². The van der Waals surface area contributed by atoms with Gasteiger partial charge in [0.25, 0.3) is 0 Å². The molecule has 0 aromatic heterocycles. The summed E-state index contributed by atoms with van der Waals surface area (Å²) < 4.78 is 0. The second-order valence-electron chi connectivity index (χ2n) is 5.83. The van der Waals surface area contributed by atoms with Gasteiger partial charge in [0.15, 0.2) is 0 Å². The number of rotatable bonds is 4. The first-order valence-electron chi connectivity index (χ1n) is 7.32. The molecule has 1 fully saturated rings. The normalized spacial score (nSPS) is 21.4. The summed E-state index contributed by atoms with van der Waals surface area (Å²) in [5.74, 6) is 0.638. The molecule has 0 saturated carbocycles. The number of benzene rings is 1. The van der Waals surface area contributed by atoms with Crippen LogP contribution in [0.1, 0.15) is 38.4 Å². The molecule has 0 radical (unpaired) electrons. The Hall–Kier alpha value is -1.39. The van der Waals surface area contributed by atoms with Crippen molar-refractivity contribution in [3.05, 3.63) is 29.8 Å². The van der Waals surface area contributed by atoms with Crippen LogP contribution in [-0.2, 0) is 4.79 Å². The van der Waals surface area contributed by atoms with Crippen LogP contribution in [0, 0.1) is 5.92 Å². The summed E-state index contributed by atoms with van der Waals surface area (Å²) in [5, 5.41) is 13.0. The molecule has 0 bridgehead atoms. The third kappa shape index (κ3) is 4.32. The van der Waals surface area contributed by atoms with Crippen LogP contribution in [0.3, 0.4) is 0 Å². The van der Waals surface area contributed by atoms with E-state index in [1.54, 1.807) is 0 Å². The van der Waals surface area contributed by atoms with Gasteiger partial charge in [-0.15, -0.1) is 0 Å². The summed E-state index contributed by atoms with van der Waals surface area (Å²) in [5.41, 5.74) is 1.66. The molecule has 1 aliphatic rings. The van der Waals surface area contributed by atoms with Gasteiger partial charge in [-0.25, -0.2) is 0 Å². The van der Waals surface area contributed by atoms with Gasteiger partial charge in [-0.2, -0.15) is 0 Å². The van der Waals surface area contributed by atoms with E-state index in [0.29, 0.717) is 6.54 Å². The summed E-state index contributed by atoms with van der Waals surface area (Å²) >= 11 is 0. The molecular formula is C16H24N2O2. The number of carbonyl (C=O) groups excluding carboxylic acids is 1. The highest BCUT2D eigenvalue weighted by atomic mass is 16.3. The summed E-state index contributed by atoms with van der Waals surface area (Å²) in [4.78, 5) is 13.3. The number of amides is 1. The highest BCUT2D eigenvalue weighted by molar-refractivity contribution is 5.88. The van der Waals surface area contributed by atoms with E-state index in [1.807, 2.05) is 24.3 Å². The third-order valence-corrected chi connectivity index (χ3v) is 3.79. The Balaban J connectivity index is 1.91. The van der Waals surface area contributed by atoms with Gasteiger partial charge in [0.1, 0.15) is 0 Å². The Kier molecular flexibility index (Phi) is 5.15. The Morgan fingerprint density at radius 2 is 2.15 bits per heavy atom. The average Bonchev–Trinajstić information content (AvgIpc) is 2.38. The maximum Gasteiger partial charge on any atom is 0.221 e. The Labute approximate surface area is 120 Å². The molecule has 1 aromatic rings. The second-order valence-corrected chi connectivity index (χ2v) is 5.83. The van der Waals surface area contributed by atoms with Crippen molar-refractivity contribution >= 4 is 11.6 Å². The predicted octanol–water partition coefficient (Wildman–Crippen LogP) is 2.41. The van der Waals surface area contributed by atoms with Crippen LogP contribution >= 0.6 is 0 Å². The maximum absolute atomic E-state index is 11.0. The topological polar surface area (TPSA) is 52.6 Å². The van der Waals surface area contributed by atoms with Crippen molar-refractivity contribution < 1.29 is 9.90 Å². The smallest absolute Gasteiger partial charge is 0.221 e. The Morgan fingerprint density at radius 3 is 2.75 bits per heavy atom. The van der Waals surface area contributed by atoms with Gasteiger partial charge < -0.3 is 15.3 Å². The summed E-state index contributed by atoms with van der Waals surface area (Å²) in [6, 6.07) is 7.42. The largest absolute Gasteiger partial charge is 0.387 e. The molecule has 1 heterocycles. The zero-order chi connectivity index (χ0) is 14.5. The van der Waals surface area contributed by atoms with Crippen LogP contribution in [0.4, 0.5) is 5.69 Å². The molecule has 2 rings (SSSR count). The van der Waals surface area contributed by atoms with Crippen molar-refractivity contribution in [2.45, 2.75) is 32.8 Å². The molecule has 2 atom stereocenters. The molecule has 1 amide bonds. The second kappa shape index (κ2) is 6.86. The quantitative estimate of drug-likeness (QED) is 0.888. The van der Waals surface area contributed by atoms with Gasteiger partial charge in [-0.05, 0) is 43.0 Å². The van der Waals surface area contributed by atoms with Crippen molar-refractivity contribution in [1.82, 2.24) is 4.90 Å². The van der Waals surface area contributed by atoms with Gasteiger partial charge >= 0.3 is 0 Å². The van der Waals surface area contributed by atoms with E-state index < -0.39 is 6.10 Å². The highest BCUT2D eigenvalue weighted by Crippen LogP contribution is 2.21. The monoisotopic (exact) mass is 276 g/mol. The van der Waals surface area contributed by atoms with Crippen LogP contribution in [0.25, 0.3) is 0 Å². The minimum Gasteiger partial charge on any atom is -0.387 e. The van der Waals surface area contributed by atoms with Crippen molar-refractivity contribution in [2.24, 2.45) is 5.92 Å². The van der Waals surface area contributed by atoms with E-state index in [2.05, 4.69) is 17.1 Å². The number of piperidine rings is 1. The number of hydrogen-bond donors (Lipinski definition) is 2. The van der Waals surface area contributed by atoms with Crippen molar-refractivity contribution in [3.8, 4) is 0 Å². The minimum atomic E-state index is -0.466. The molecule has 1 aliphatic heterocycles. The number of carbonyl (C=O) groups is 1. The standard InChI is InChI=1S/C16H24N2O2/c1-12-4-3-9-18(10-12)11-16(20)14-5-7-15(8-6-14)17-13(2)19/h5-8,12,16,20H,3-4,9-11H2,1-2H3,(H,17,19). The fourth-order valence-electron chi connectivity index (χ4n) is 2.79. The lowest BCUT2D eigenvalue weighted by molar-refractivity contribution is -0.114. The van der Waals surface area contributed by atoms with Crippen LogP contribution in [-0.4, -0.2) is 35.5 Å². The van der Waals surface area contributed by atoms with Crippen LogP contribution in [0.5, 0.6) is 0 Å². The number of aliphatic hydroxyl groups is 1. The molecule has 2 N–H and O–H groups in total. The lowest BCUT2D eigenvalue weighted by Gasteiger charge is -2.32. The fourth-order valence-corrected chi connectivity index (χ4v) is 2.79. The number of anilines is 1. The van der Waals surface area contributed by atoms with Crippen molar-refractivity contribution in [1.29, 1.82) is 0 Å². The first kappa shape index (κ1) is 15.0. The number of likely N-dealkylation sites (tertiary alicyclic amines) is 1.